The molecule has 82 valence electrons. The molecule has 0 aromatic carbocycles. The first-order valence-corrected chi connectivity index (χ1v) is 5.10. The lowest BCUT2D eigenvalue weighted by Gasteiger charge is -1.99. The first kappa shape index (κ1) is 11.6. The summed E-state index contributed by atoms with van der Waals surface area (Å²) < 4.78 is 4.41. The molecule has 0 saturated heterocycles. The van der Waals surface area contributed by atoms with Gasteiger partial charge in [0, 0.05) is 6.42 Å². The predicted octanol–water partition coefficient (Wildman–Crippen LogP) is 0.738. The van der Waals surface area contributed by atoms with E-state index in [9.17, 15) is 9.59 Å². The third kappa shape index (κ3) is 4.03. The van der Waals surface area contributed by atoms with Crippen LogP contribution in [-0.2, 0) is 14.3 Å². The Labute approximate surface area is 90.7 Å². The molecule has 0 bridgehead atoms. The maximum Gasteiger partial charge on any atom is 0.306 e. The Balaban J connectivity index is 2.33. The summed E-state index contributed by atoms with van der Waals surface area (Å²) in [6, 6.07) is 0. The fraction of sp³-hybridized carbons (Fsp3) is 0.500. The van der Waals surface area contributed by atoms with Gasteiger partial charge < -0.3 is 10.1 Å². The van der Waals surface area contributed by atoms with Crippen LogP contribution in [0.2, 0.25) is 0 Å². The zero-order valence-electron chi connectivity index (χ0n) is 8.44. The Morgan fingerprint density at radius 3 is 2.67 bits per heavy atom. The zero-order chi connectivity index (χ0) is 11.3. The van der Waals surface area contributed by atoms with Crippen molar-refractivity contribution in [2.24, 2.45) is 0 Å². The summed E-state index contributed by atoms with van der Waals surface area (Å²) in [5.74, 6) is -0.671. The minimum atomic E-state index is -0.404. The third-order valence-electron chi connectivity index (χ3n) is 1.56. The molecule has 0 aliphatic heterocycles. The second-order valence-electron chi connectivity index (χ2n) is 2.75. The Kier molecular flexibility index (Phi) is 4.17. The maximum absolute atomic E-state index is 11.3. The van der Waals surface area contributed by atoms with Gasteiger partial charge in [0.25, 0.3) is 0 Å². The molecule has 0 aliphatic carbocycles. The summed E-state index contributed by atoms with van der Waals surface area (Å²) in [6.45, 7) is 1.79. The summed E-state index contributed by atoms with van der Waals surface area (Å²) in [4.78, 5) is 22.0. The van der Waals surface area contributed by atoms with Crippen LogP contribution in [0.25, 0.3) is 0 Å². The van der Waals surface area contributed by atoms with Gasteiger partial charge in [-0.3, -0.25) is 9.59 Å². The van der Waals surface area contributed by atoms with E-state index in [0.29, 0.717) is 5.13 Å². The lowest BCUT2D eigenvalue weighted by atomic mass is 10.3. The van der Waals surface area contributed by atoms with Crippen LogP contribution in [0.5, 0.6) is 0 Å². The molecule has 1 aromatic rings. The third-order valence-corrected chi connectivity index (χ3v) is 2.31. The molecule has 0 aliphatic rings. The molecule has 0 spiro atoms. The van der Waals surface area contributed by atoms with Crippen molar-refractivity contribution in [3.05, 3.63) is 5.01 Å². The van der Waals surface area contributed by atoms with E-state index in [-0.39, 0.29) is 18.7 Å². The van der Waals surface area contributed by atoms with Crippen molar-refractivity contribution in [3.63, 3.8) is 0 Å². The molecule has 0 fully saturated rings. The van der Waals surface area contributed by atoms with E-state index in [2.05, 4.69) is 20.3 Å². The zero-order valence-corrected chi connectivity index (χ0v) is 9.26. The summed E-state index contributed by atoms with van der Waals surface area (Å²) in [7, 11) is 1.29. The average Bonchev–Trinajstić information content (AvgIpc) is 2.60. The number of hydrogen-bond donors (Lipinski definition) is 1. The van der Waals surface area contributed by atoms with Crippen molar-refractivity contribution in [1.82, 2.24) is 10.2 Å². The Morgan fingerprint density at radius 2 is 2.13 bits per heavy atom. The number of rotatable bonds is 4. The number of anilines is 1. The van der Waals surface area contributed by atoms with Crippen LogP contribution in [0.4, 0.5) is 5.13 Å². The number of carbonyl (C=O) groups excluding carboxylic acids is 2. The molecule has 1 aromatic heterocycles. The molecule has 1 rings (SSSR count). The van der Waals surface area contributed by atoms with Gasteiger partial charge in [-0.25, -0.2) is 0 Å². The second-order valence-corrected chi connectivity index (χ2v) is 3.93. The monoisotopic (exact) mass is 229 g/mol. The van der Waals surface area contributed by atoms with E-state index < -0.39 is 5.97 Å². The number of nitrogens with zero attached hydrogens (tertiary/aromatic N) is 2. The topological polar surface area (TPSA) is 81.2 Å². The predicted molar refractivity (Wildman–Crippen MR) is 54.5 cm³/mol. The van der Waals surface area contributed by atoms with Gasteiger partial charge in [0.1, 0.15) is 5.01 Å². The van der Waals surface area contributed by atoms with Gasteiger partial charge in [0.05, 0.1) is 13.5 Å². The number of amides is 1. The van der Waals surface area contributed by atoms with Crippen molar-refractivity contribution < 1.29 is 14.3 Å². The standard InChI is InChI=1S/C8H11N3O3S/c1-5-10-11-8(15-5)9-6(12)3-4-7(13)14-2/h3-4H2,1-2H3,(H,9,11,12). The Hall–Kier alpha value is -1.50. The molecular formula is C8H11N3O3S. The number of carbonyl (C=O) groups is 2. The number of esters is 1. The highest BCUT2D eigenvalue weighted by Gasteiger charge is 2.09. The molecule has 1 amide bonds. The van der Waals surface area contributed by atoms with Crippen molar-refractivity contribution in [1.29, 1.82) is 0 Å². The van der Waals surface area contributed by atoms with Crippen molar-refractivity contribution in [2.45, 2.75) is 19.8 Å². The molecule has 0 radical (unpaired) electrons. The van der Waals surface area contributed by atoms with Crippen LogP contribution in [0.1, 0.15) is 17.8 Å². The van der Waals surface area contributed by atoms with Crippen LogP contribution in [-0.4, -0.2) is 29.2 Å². The summed E-state index contributed by atoms with van der Waals surface area (Å²) in [5.41, 5.74) is 0. The van der Waals surface area contributed by atoms with Crippen molar-refractivity contribution in [2.75, 3.05) is 12.4 Å². The van der Waals surface area contributed by atoms with Gasteiger partial charge in [0.2, 0.25) is 11.0 Å². The van der Waals surface area contributed by atoms with E-state index in [1.807, 2.05) is 0 Å². The Morgan fingerprint density at radius 1 is 1.40 bits per heavy atom. The number of hydrogen-bond acceptors (Lipinski definition) is 6. The summed E-state index contributed by atoms with van der Waals surface area (Å²) in [5, 5.41) is 11.2. The van der Waals surface area contributed by atoms with Crippen molar-refractivity contribution in [3.8, 4) is 0 Å². The number of aryl methyl sites for hydroxylation is 1. The number of aromatic nitrogens is 2. The highest BCUT2D eigenvalue weighted by molar-refractivity contribution is 7.15. The van der Waals surface area contributed by atoms with Crippen LogP contribution in [0.3, 0.4) is 0 Å². The molecule has 15 heavy (non-hydrogen) atoms. The Bertz CT molecular complexity index is 364. The van der Waals surface area contributed by atoms with Crippen LogP contribution in [0.15, 0.2) is 0 Å². The number of nitrogens with one attached hydrogen (secondary N) is 1. The van der Waals surface area contributed by atoms with Gasteiger partial charge >= 0.3 is 5.97 Å². The van der Waals surface area contributed by atoms with E-state index in [1.54, 1.807) is 6.92 Å². The lowest BCUT2D eigenvalue weighted by Crippen LogP contribution is -2.13. The molecule has 1 heterocycles. The van der Waals surface area contributed by atoms with Gasteiger partial charge in [-0.2, -0.15) is 0 Å². The SMILES string of the molecule is COC(=O)CCC(=O)Nc1nnc(C)s1. The van der Waals surface area contributed by atoms with E-state index in [0.717, 1.165) is 5.01 Å². The summed E-state index contributed by atoms with van der Waals surface area (Å²) in [6.07, 6.45) is 0.158. The first-order chi connectivity index (χ1) is 7.11. The van der Waals surface area contributed by atoms with Gasteiger partial charge in [-0.15, -0.1) is 10.2 Å². The van der Waals surface area contributed by atoms with Crippen LogP contribution in [0, 0.1) is 6.92 Å². The maximum atomic E-state index is 11.3. The number of methoxy groups -OCH3 is 1. The minimum absolute atomic E-state index is 0.0696. The minimum Gasteiger partial charge on any atom is -0.469 e. The van der Waals surface area contributed by atoms with E-state index in [4.69, 9.17) is 0 Å². The van der Waals surface area contributed by atoms with Gasteiger partial charge in [-0.1, -0.05) is 11.3 Å². The molecule has 0 unspecified atom stereocenters. The molecule has 0 atom stereocenters. The largest absolute Gasteiger partial charge is 0.469 e. The average molecular weight is 229 g/mol. The lowest BCUT2D eigenvalue weighted by molar-refractivity contribution is -0.141. The molecule has 1 N–H and O–H groups in total. The quantitative estimate of drug-likeness (QED) is 0.770. The highest BCUT2D eigenvalue weighted by Crippen LogP contribution is 2.13. The van der Waals surface area contributed by atoms with Gasteiger partial charge in [0.15, 0.2) is 0 Å². The van der Waals surface area contributed by atoms with Gasteiger partial charge in [-0.05, 0) is 6.92 Å². The molecule has 0 saturated carbocycles. The summed E-state index contributed by atoms with van der Waals surface area (Å²) >= 11 is 1.29. The van der Waals surface area contributed by atoms with E-state index >= 15 is 0 Å². The number of ether oxygens (including phenoxy) is 1. The fourth-order valence-electron chi connectivity index (χ4n) is 0.846. The second kappa shape index (κ2) is 5.40. The molecule has 6 nitrogen and oxygen atoms in total. The fourth-order valence-corrected chi connectivity index (χ4v) is 1.45. The normalized spacial score (nSPS) is 9.73. The first-order valence-electron chi connectivity index (χ1n) is 4.28. The molecular weight excluding hydrogens is 218 g/mol. The smallest absolute Gasteiger partial charge is 0.306 e. The van der Waals surface area contributed by atoms with Crippen molar-refractivity contribution >= 4 is 28.3 Å². The molecule has 7 heteroatoms. The van der Waals surface area contributed by atoms with Crippen LogP contribution < -0.4 is 5.32 Å². The van der Waals surface area contributed by atoms with Crippen LogP contribution >= 0.6 is 11.3 Å². The van der Waals surface area contributed by atoms with E-state index in [1.165, 1.54) is 18.4 Å². The highest BCUT2D eigenvalue weighted by atomic mass is 32.1.